The third kappa shape index (κ3) is 7.78. The topological polar surface area (TPSA) is 116 Å². The summed E-state index contributed by atoms with van der Waals surface area (Å²) in [5, 5.41) is 7.19. The lowest BCUT2D eigenvalue weighted by atomic mass is 10.0. The van der Waals surface area contributed by atoms with Gasteiger partial charge >= 0.3 is 12.1 Å². The lowest BCUT2D eigenvalue weighted by Crippen LogP contribution is -2.47. The maximum Gasteiger partial charge on any atom is 0.325 e. The number of pyridine rings is 1. The standard InChI is InChI=1S/C30H32F2N6O4/c31-21-5-3-20(4-6-21)17-28(39)36-29(40)34-26-8-7-23(18-25(26)32)42-24-9-12-33-27(19-24)35-30(41)38-15-10-22(11-16-38)37-13-1-2-14-37/h3-9,12,18-19,22H,1-2,10-11,13-17H2,(H,33,35,41)(H2,34,36,39,40). The Morgan fingerprint density at radius 1 is 0.881 bits per heavy atom. The van der Waals surface area contributed by atoms with Gasteiger partial charge in [-0.05, 0) is 74.7 Å². The van der Waals surface area contributed by atoms with Crippen LogP contribution >= 0.6 is 0 Å². The van der Waals surface area contributed by atoms with Gasteiger partial charge in [-0.1, -0.05) is 12.1 Å². The number of benzene rings is 2. The van der Waals surface area contributed by atoms with Crippen molar-refractivity contribution < 1.29 is 27.9 Å². The highest BCUT2D eigenvalue weighted by Crippen LogP contribution is 2.27. The number of aromatic nitrogens is 1. The molecule has 0 radical (unpaired) electrons. The summed E-state index contributed by atoms with van der Waals surface area (Å²) in [7, 11) is 0. The number of likely N-dealkylation sites (tertiary alicyclic amines) is 2. The number of urea groups is 2. The molecule has 5 amide bonds. The van der Waals surface area contributed by atoms with Gasteiger partial charge in [-0.2, -0.15) is 0 Å². The van der Waals surface area contributed by atoms with E-state index >= 15 is 0 Å². The molecule has 0 atom stereocenters. The molecule has 0 spiro atoms. The number of nitrogens with zero attached hydrogens (tertiary/aromatic N) is 3. The number of halogens is 2. The van der Waals surface area contributed by atoms with Crippen LogP contribution < -0.4 is 20.7 Å². The van der Waals surface area contributed by atoms with Crippen molar-refractivity contribution in [3.8, 4) is 11.5 Å². The van der Waals surface area contributed by atoms with E-state index in [9.17, 15) is 23.2 Å². The van der Waals surface area contributed by atoms with Crippen LogP contribution in [0, 0.1) is 11.6 Å². The normalized spacial score (nSPS) is 15.7. The average molecular weight is 579 g/mol. The summed E-state index contributed by atoms with van der Waals surface area (Å²) in [6.07, 6.45) is 5.74. The first-order valence-corrected chi connectivity index (χ1v) is 13.9. The molecule has 3 heterocycles. The summed E-state index contributed by atoms with van der Waals surface area (Å²) < 4.78 is 33.4. The SMILES string of the molecule is O=C(Cc1ccc(F)cc1)NC(=O)Nc1ccc(Oc2ccnc(NC(=O)N3CCC(N4CCCC4)CC3)c2)cc1F. The van der Waals surface area contributed by atoms with E-state index in [1.54, 1.807) is 17.0 Å². The van der Waals surface area contributed by atoms with E-state index in [2.05, 4.69) is 25.8 Å². The van der Waals surface area contributed by atoms with E-state index in [0.29, 0.717) is 36.3 Å². The molecule has 2 aliphatic rings. The van der Waals surface area contributed by atoms with Gasteiger partial charge in [-0.25, -0.2) is 23.4 Å². The number of nitrogens with one attached hydrogen (secondary N) is 3. The summed E-state index contributed by atoms with van der Waals surface area (Å²) in [5.41, 5.74) is 0.358. The van der Waals surface area contributed by atoms with Crippen molar-refractivity contribution in [3.63, 3.8) is 0 Å². The number of rotatable bonds is 7. The minimum atomic E-state index is -0.913. The Kier molecular flexibility index (Phi) is 9.22. The fourth-order valence-corrected chi connectivity index (χ4v) is 5.18. The van der Waals surface area contributed by atoms with Gasteiger partial charge in [-0.3, -0.25) is 15.4 Å². The highest BCUT2D eigenvalue weighted by Gasteiger charge is 2.28. The largest absolute Gasteiger partial charge is 0.457 e. The summed E-state index contributed by atoms with van der Waals surface area (Å²) >= 11 is 0. The van der Waals surface area contributed by atoms with Crippen LogP contribution in [0.2, 0.25) is 0 Å². The third-order valence-electron chi connectivity index (χ3n) is 7.33. The van der Waals surface area contributed by atoms with Crippen LogP contribution in [0.1, 0.15) is 31.2 Å². The van der Waals surface area contributed by atoms with Crippen LogP contribution in [0.3, 0.4) is 0 Å². The van der Waals surface area contributed by atoms with Crippen LogP contribution in [0.25, 0.3) is 0 Å². The number of carbonyl (C=O) groups excluding carboxylic acids is 3. The average Bonchev–Trinajstić information content (AvgIpc) is 3.51. The van der Waals surface area contributed by atoms with Gasteiger partial charge in [0.05, 0.1) is 12.1 Å². The molecule has 42 heavy (non-hydrogen) atoms. The Labute approximate surface area is 242 Å². The van der Waals surface area contributed by atoms with Crippen molar-refractivity contribution in [1.29, 1.82) is 0 Å². The van der Waals surface area contributed by atoms with Gasteiger partial charge in [-0.15, -0.1) is 0 Å². The lowest BCUT2D eigenvalue weighted by molar-refractivity contribution is -0.119. The Balaban J connectivity index is 1.10. The van der Waals surface area contributed by atoms with E-state index in [1.165, 1.54) is 55.4 Å². The number of carbonyl (C=O) groups is 3. The first-order valence-electron chi connectivity index (χ1n) is 13.9. The molecule has 3 N–H and O–H groups in total. The predicted octanol–water partition coefficient (Wildman–Crippen LogP) is 5.14. The van der Waals surface area contributed by atoms with E-state index < -0.39 is 23.6 Å². The predicted molar refractivity (Wildman–Crippen MR) is 152 cm³/mol. The van der Waals surface area contributed by atoms with Crippen LogP contribution in [0.4, 0.5) is 29.9 Å². The molecule has 10 nitrogen and oxygen atoms in total. The summed E-state index contributed by atoms with van der Waals surface area (Å²) in [4.78, 5) is 45.5. The number of amides is 5. The van der Waals surface area contributed by atoms with Crippen molar-refractivity contribution in [2.45, 2.75) is 38.1 Å². The van der Waals surface area contributed by atoms with E-state index in [-0.39, 0.29) is 23.9 Å². The Morgan fingerprint density at radius 3 is 2.31 bits per heavy atom. The Morgan fingerprint density at radius 2 is 1.60 bits per heavy atom. The van der Waals surface area contributed by atoms with Crippen molar-refractivity contribution in [1.82, 2.24) is 20.1 Å². The lowest BCUT2D eigenvalue weighted by Gasteiger charge is -2.36. The molecule has 2 aromatic carbocycles. The Bertz CT molecular complexity index is 1420. The van der Waals surface area contributed by atoms with Crippen LogP contribution in [-0.2, 0) is 11.2 Å². The maximum absolute atomic E-state index is 14.7. The van der Waals surface area contributed by atoms with Gasteiger partial charge in [0.25, 0.3) is 0 Å². The van der Waals surface area contributed by atoms with Crippen molar-refractivity contribution >= 4 is 29.5 Å². The molecular weight excluding hydrogens is 546 g/mol. The third-order valence-corrected chi connectivity index (χ3v) is 7.33. The number of hydrogen-bond donors (Lipinski definition) is 3. The van der Waals surface area contributed by atoms with Gasteiger partial charge in [0.15, 0.2) is 0 Å². The molecule has 2 aliphatic heterocycles. The van der Waals surface area contributed by atoms with Gasteiger partial charge in [0.1, 0.15) is 29.0 Å². The molecule has 3 aromatic rings. The van der Waals surface area contributed by atoms with Gasteiger partial charge in [0.2, 0.25) is 5.91 Å². The number of imide groups is 1. The van der Waals surface area contributed by atoms with Crippen molar-refractivity contribution in [2.24, 2.45) is 0 Å². The molecule has 0 saturated carbocycles. The minimum Gasteiger partial charge on any atom is -0.457 e. The van der Waals surface area contributed by atoms with Crippen molar-refractivity contribution in [3.05, 3.63) is 78.0 Å². The quantitative estimate of drug-likeness (QED) is 0.358. The zero-order valence-corrected chi connectivity index (χ0v) is 22.9. The number of anilines is 2. The van der Waals surface area contributed by atoms with E-state index in [0.717, 1.165) is 32.0 Å². The number of hydrogen-bond acceptors (Lipinski definition) is 6. The van der Waals surface area contributed by atoms with Crippen LogP contribution in [0.15, 0.2) is 60.8 Å². The zero-order valence-electron chi connectivity index (χ0n) is 22.9. The fraction of sp³-hybridized carbons (Fsp3) is 0.333. The number of piperidine rings is 1. The minimum absolute atomic E-state index is 0.144. The first-order chi connectivity index (χ1) is 20.3. The molecule has 2 fully saturated rings. The van der Waals surface area contributed by atoms with E-state index in [1.807, 2.05) is 0 Å². The monoisotopic (exact) mass is 578 g/mol. The smallest absolute Gasteiger partial charge is 0.325 e. The number of ether oxygens (including phenoxy) is 1. The van der Waals surface area contributed by atoms with Crippen molar-refractivity contribution in [2.75, 3.05) is 36.8 Å². The van der Waals surface area contributed by atoms with Crippen LogP contribution in [0.5, 0.6) is 11.5 Å². The summed E-state index contributed by atoms with van der Waals surface area (Å²) in [5.74, 6) is -1.06. The van der Waals surface area contributed by atoms with Gasteiger partial charge < -0.3 is 19.9 Å². The molecule has 0 bridgehead atoms. The molecule has 0 unspecified atom stereocenters. The first kappa shape index (κ1) is 28.9. The molecule has 220 valence electrons. The second-order valence-electron chi connectivity index (χ2n) is 10.3. The molecule has 12 heteroatoms. The highest BCUT2D eigenvalue weighted by molar-refractivity contribution is 6.01. The summed E-state index contributed by atoms with van der Waals surface area (Å²) in [6, 6.07) is 11.6. The Hall–Kier alpha value is -4.58. The van der Waals surface area contributed by atoms with E-state index in [4.69, 9.17) is 4.74 Å². The molecular formula is C30H32F2N6O4. The van der Waals surface area contributed by atoms with Crippen LogP contribution in [-0.4, -0.2) is 65.0 Å². The summed E-state index contributed by atoms with van der Waals surface area (Å²) in [6.45, 7) is 3.66. The van der Waals surface area contributed by atoms with Gasteiger partial charge in [0, 0.05) is 37.5 Å². The molecule has 0 aliphatic carbocycles. The molecule has 1 aromatic heterocycles. The second kappa shape index (κ2) is 13.4. The maximum atomic E-state index is 14.7. The molecule has 2 saturated heterocycles. The fourth-order valence-electron chi connectivity index (χ4n) is 5.18. The molecule has 5 rings (SSSR count). The second-order valence-corrected chi connectivity index (χ2v) is 10.3. The highest BCUT2D eigenvalue weighted by atomic mass is 19.1. The zero-order chi connectivity index (χ0) is 29.5.